The van der Waals surface area contributed by atoms with Crippen molar-refractivity contribution in [2.45, 2.75) is 66.7 Å². The average molecular weight is 292 g/mol. The van der Waals surface area contributed by atoms with Crippen LogP contribution in [-0.2, 0) is 5.41 Å². The van der Waals surface area contributed by atoms with Crippen LogP contribution < -0.4 is 10.2 Å². The molecule has 0 saturated heterocycles. The summed E-state index contributed by atoms with van der Waals surface area (Å²) in [5.74, 6) is 2.98. The predicted octanol–water partition coefficient (Wildman–Crippen LogP) is 4.14. The number of aromatic nitrogens is 2. The van der Waals surface area contributed by atoms with Crippen molar-refractivity contribution in [3.8, 4) is 0 Å². The van der Waals surface area contributed by atoms with Crippen LogP contribution in [0.15, 0.2) is 0 Å². The zero-order valence-corrected chi connectivity index (χ0v) is 14.9. The molecule has 0 aliphatic carbocycles. The number of rotatable bonds is 7. The molecular formula is C17H32N4. The first-order valence-corrected chi connectivity index (χ1v) is 8.23. The highest BCUT2D eigenvalue weighted by molar-refractivity contribution is 5.59. The molecule has 0 amide bonds. The summed E-state index contributed by atoms with van der Waals surface area (Å²) in [6, 6.07) is 0. The lowest BCUT2D eigenvalue weighted by Crippen LogP contribution is -2.29. The third-order valence-electron chi connectivity index (χ3n) is 3.42. The van der Waals surface area contributed by atoms with E-state index in [0.717, 1.165) is 55.5 Å². The van der Waals surface area contributed by atoms with Crippen LogP contribution in [0, 0.1) is 6.92 Å². The molecule has 0 saturated carbocycles. The van der Waals surface area contributed by atoms with E-state index in [1.165, 1.54) is 0 Å². The number of nitrogens with one attached hydrogen (secondary N) is 1. The lowest BCUT2D eigenvalue weighted by atomic mass is 9.95. The Kier molecular flexibility index (Phi) is 6.43. The standard InChI is InChI=1S/C17H32N4/c1-8-11-21(12-9-2)15-13(4)14(18-10-3)19-16(20-15)17(5,6)7/h8-12H2,1-7H3,(H,18,19,20). The van der Waals surface area contributed by atoms with Gasteiger partial charge in [0, 0.05) is 30.6 Å². The smallest absolute Gasteiger partial charge is 0.138 e. The Bertz CT molecular complexity index is 443. The van der Waals surface area contributed by atoms with Crippen molar-refractivity contribution in [3.63, 3.8) is 0 Å². The quantitative estimate of drug-likeness (QED) is 0.820. The molecule has 0 aliphatic heterocycles. The molecule has 1 aromatic heterocycles. The van der Waals surface area contributed by atoms with Gasteiger partial charge in [0.1, 0.15) is 17.5 Å². The van der Waals surface area contributed by atoms with E-state index in [1.54, 1.807) is 0 Å². The van der Waals surface area contributed by atoms with Crippen molar-refractivity contribution in [2.24, 2.45) is 0 Å². The van der Waals surface area contributed by atoms with Crippen molar-refractivity contribution in [3.05, 3.63) is 11.4 Å². The van der Waals surface area contributed by atoms with E-state index < -0.39 is 0 Å². The van der Waals surface area contributed by atoms with Gasteiger partial charge >= 0.3 is 0 Å². The van der Waals surface area contributed by atoms with E-state index in [0.29, 0.717) is 0 Å². The molecule has 1 aromatic rings. The fraction of sp³-hybridized carbons (Fsp3) is 0.765. The molecule has 0 spiro atoms. The Labute approximate surface area is 130 Å². The second-order valence-corrected chi connectivity index (χ2v) is 6.61. The summed E-state index contributed by atoms with van der Waals surface area (Å²) in [5.41, 5.74) is 1.11. The van der Waals surface area contributed by atoms with E-state index in [2.05, 4.69) is 58.7 Å². The predicted molar refractivity (Wildman–Crippen MR) is 92.4 cm³/mol. The van der Waals surface area contributed by atoms with Crippen LogP contribution in [-0.4, -0.2) is 29.6 Å². The van der Waals surface area contributed by atoms with Gasteiger partial charge in [-0.3, -0.25) is 0 Å². The molecule has 4 heteroatoms. The fourth-order valence-electron chi connectivity index (χ4n) is 2.35. The van der Waals surface area contributed by atoms with Gasteiger partial charge in [-0.2, -0.15) is 0 Å². The van der Waals surface area contributed by atoms with Crippen LogP contribution in [0.2, 0.25) is 0 Å². The Morgan fingerprint density at radius 3 is 2.00 bits per heavy atom. The summed E-state index contributed by atoms with van der Waals surface area (Å²) in [6.45, 7) is 18.1. The van der Waals surface area contributed by atoms with E-state index in [-0.39, 0.29) is 5.41 Å². The normalized spacial score (nSPS) is 11.6. The summed E-state index contributed by atoms with van der Waals surface area (Å²) in [4.78, 5) is 12.0. The third-order valence-corrected chi connectivity index (χ3v) is 3.42. The fourth-order valence-corrected chi connectivity index (χ4v) is 2.35. The van der Waals surface area contributed by atoms with Crippen molar-refractivity contribution in [2.75, 3.05) is 29.9 Å². The highest BCUT2D eigenvalue weighted by Gasteiger charge is 2.23. The molecule has 0 unspecified atom stereocenters. The third kappa shape index (κ3) is 4.58. The molecule has 0 bridgehead atoms. The van der Waals surface area contributed by atoms with Crippen LogP contribution in [0.1, 0.15) is 65.8 Å². The lowest BCUT2D eigenvalue weighted by molar-refractivity contribution is 0.543. The molecular weight excluding hydrogens is 260 g/mol. The minimum Gasteiger partial charge on any atom is -0.370 e. The molecule has 0 fully saturated rings. The number of hydrogen-bond donors (Lipinski definition) is 1. The molecule has 0 atom stereocenters. The number of hydrogen-bond acceptors (Lipinski definition) is 4. The van der Waals surface area contributed by atoms with Crippen molar-refractivity contribution in [1.82, 2.24) is 9.97 Å². The van der Waals surface area contributed by atoms with Gasteiger partial charge < -0.3 is 10.2 Å². The van der Waals surface area contributed by atoms with Gasteiger partial charge in [-0.15, -0.1) is 0 Å². The van der Waals surface area contributed by atoms with Gasteiger partial charge in [0.05, 0.1) is 0 Å². The van der Waals surface area contributed by atoms with Gasteiger partial charge in [0.25, 0.3) is 0 Å². The largest absolute Gasteiger partial charge is 0.370 e. The second kappa shape index (κ2) is 7.62. The van der Waals surface area contributed by atoms with Crippen LogP contribution >= 0.6 is 0 Å². The summed E-state index contributed by atoms with van der Waals surface area (Å²) in [7, 11) is 0. The zero-order valence-electron chi connectivity index (χ0n) is 14.9. The maximum atomic E-state index is 4.90. The van der Waals surface area contributed by atoms with Crippen LogP contribution in [0.4, 0.5) is 11.6 Å². The summed E-state index contributed by atoms with van der Waals surface area (Å²) in [5, 5.41) is 3.39. The maximum Gasteiger partial charge on any atom is 0.138 e. The van der Waals surface area contributed by atoms with E-state index in [9.17, 15) is 0 Å². The van der Waals surface area contributed by atoms with Crippen molar-refractivity contribution < 1.29 is 0 Å². The molecule has 120 valence electrons. The van der Waals surface area contributed by atoms with E-state index in [1.807, 2.05) is 0 Å². The number of anilines is 2. The SMILES string of the molecule is CCCN(CCC)c1nc(C(C)(C)C)nc(NCC)c1C. The highest BCUT2D eigenvalue weighted by Crippen LogP contribution is 2.28. The number of nitrogens with zero attached hydrogens (tertiary/aromatic N) is 3. The van der Waals surface area contributed by atoms with Crippen LogP contribution in [0.25, 0.3) is 0 Å². The molecule has 1 rings (SSSR count). The van der Waals surface area contributed by atoms with Gasteiger partial charge in [-0.05, 0) is 26.7 Å². The monoisotopic (exact) mass is 292 g/mol. The Morgan fingerprint density at radius 2 is 1.57 bits per heavy atom. The molecule has 0 aromatic carbocycles. The van der Waals surface area contributed by atoms with Crippen molar-refractivity contribution in [1.29, 1.82) is 0 Å². The van der Waals surface area contributed by atoms with Gasteiger partial charge in [-0.1, -0.05) is 34.6 Å². The summed E-state index contributed by atoms with van der Waals surface area (Å²) < 4.78 is 0. The van der Waals surface area contributed by atoms with Crippen molar-refractivity contribution >= 4 is 11.6 Å². The molecule has 0 radical (unpaired) electrons. The molecule has 0 aliphatic rings. The zero-order chi connectivity index (χ0) is 16.0. The molecule has 4 nitrogen and oxygen atoms in total. The maximum absolute atomic E-state index is 4.90. The molecule has 1 heterocycles. The van der Waals surface area contributed by atoms with Crippen LogP contribution in [0.3, 0.4) is 0 Å². The summed E-state index contributed by atoms with van der Waals surface area (Å²) >= 11 is 0. The first-order valence-electron chi connectivity index (χ1n) is 8.23. The average Bonchev–Trinajstić information content (AvgIpc) is 2.40. The Hall–Kier alpha value is -1.32. The highest BCUT2D eigenvalue weighted by atomic mass is 15.2. The van der Waals surface area contributed by atoms with Gasteiger partial charge in [-0.25, -0.2) is 9.97 Å². The summed E-state index contributed by atoms with van der Waals surface area (Å²) in [6.07, 6.45) is 2.26. The minimum absolute atomic E-state index is 0.0449. The first kappa shape index (κ1) is 17.7. The second-order valence-electron chi connectivity index (χ2n) is 6.61. The van der Waals surface area contributed by atoms with Gasteiger partial charge in [0.15, 0.2) is 0 Å². The Morgan fingerprint density at radius 1 is 1.00 bits per heavy atom. The van der Waals surface area contributed by atoms with E-state index in [4.69, 9.17) is 9.97 Å². The first-order chi connectivity index (χ1) is 9.85. The lowest BCUT2D eigenvalue weighted by Gasteiger charge is -2.28. The van der Waals surface area contributed by atoms with E-state index >= 15 is 0 Å². The Balaban J connectivity index is 3.36. The molecule has 21 heavy (non-hydrogen) atoms. The minimum atomic E-state index is -0.0449. The van der Waals surface area contributed by atoms with Crippen LogP contribution in [0.5, 0.6) is 0 Å². The van der Waals surface area contributed by atoms with Gasteiger partial charge in [0.2, 0.25) is 0 Å². The molecule has 1 N–H and O–H groups in total. The topological polar surface area (TPSA) is 41.1 Å².